The predicted molar refractivity (Wildman–Crippen MR) is 82.3 cm³/mol. The molecule has 5 nitrogen and oxygen atoms in total. The van der Waals surface area contributed by atoms with Crippen molar-refractivity contribution in [3.63, 3.8) is 0 Å². The number of halogens is 1. The molecule has 2 heterocycles. The third-order valence-corrected chi connectivity index (χ3v) is 4.31. The fraction of sp³-hybridized carbons (Fsp3) is 0.471. The van der Waals surface area contributed by atoms with Gasteiger partial charge in [0.1, 0.15) is 5.82 Å². The lowest BCUT2D eigenvalue weighted by Crippen LogP contribution is -2.48. The van der Waals surface area contributed by atoms with Gasteiger partial charge in [0.05, 0.1) is 17.3 Å². The summed E-state index contributed by atoms with van der Waals surface area (Å²) in [6, 6.07) is 7.93. The van der Waals surface area contributed by atoms with Crippen LogP contribution in [0.1, 0.15) is 36.0 Å². The Hall–Kier alpha value is -1.76. The van der Waals surface area contributed by atoms with Crippen LogP contribution < -0.4 is 5.32 Å². The summed E-state index contributed by atoms with van der Waals surface area (Å²) in [6.45, 7) is 3.40. The number of aryl methyl sites for hydroxylation is 1. The molecule has 2 aromatic rings. The largest absolute Gasteiger partial charge is 0.387 e. The van der Waals surface area contributed by atoms with Crippen LogP contribution in [0, 0.1) is 12.7 Å². The van der Waals surface area contributed by atoms with E-state index in [1.165, 1.54) is 12.1 Å². The van der Waals surface area contributed by atoms with E-state index >= 15 is 0 Å². The maximum atomic E-state index is 13.3. The highest BCUT2D eigenvalue weighted by Crippen LogP contribution is 2.33. The number of benzene rings is 1. The minimum atomic E-state index is -0.797. The summed E-state index contributed by atoms with van der Waals surface area (Å²) in [7, 11) is 0. The Morgan fingerprint density at radius 1 is 1.35 bits per heavy atom. The zero-order valence-corrected chi connectivity index (χ0v) is 13.1. The zero-order chi connectivity index (χ0) is 16.3. The second kappa shape index (κ2) is 6.78. The molecule has 1 saturated heterocycles. The van der Waals surface area contributed by atoms with Gasteiger partial charge in [-0.25, -0.2) is 4.39 Å². The number of ether oxygens (including phenoxy) is 1. The highest BCUT2D eigenvalue weighted by Gasteiger charge is 2.38. The first kappa shape index (κ1) is 16.1. The Bertz CT molecular complexity index is 653. The highest BCUT2D eigenvalue weighted by atomic mass is 19.1. The van der Waals surface area contributed by atoms with Crippen LogP contribution >= 0.6 is 0 Å². The summed E-state index contributed by atoms with van der Waals surface area (Å²) in [5.41, 5.74) is 0.958. The smallest absolute Gasteiger partial charge is 0.157 e. The SMILES string of the molecule is Cc1cc(C2(NCC(O)c3cccc(F)c3)CCOCC2)on1. The van der Waals surface area contributed by atoms with Gasteiger partial charge in [-0.05, 0) is 37.5 Å². The van der Waals surface area contributed by atoms with Crippen molar-refractivity contribution in [3.8, 4) is 0 Å². The number of nitrogens with zero attached hydrogens (tertiary/aromatic N) is 1. The molecule has 6 heteroatoms. The van der Waals surface area contributed by atoms with E-state index in [1.807, 2.05) is 13.0 Å². The predicted octanol–water partition coefficient (Wildman–Crippen LogP) is 2.45. The lowest BCUT2D eigenvalue weighted by Gasteiger charge is -2.36. The van der Waals surface area contributed by atoms with Crippen molar-refractivity contribution >= 4 is 0 Å². The van der Waals surface area contributed by atoms with Crippen LogP contribution in [0.3, 0.4) is 0 Å². The molecule has 0 spiro atoms. The van der Waals surface area contributed by atoms with Crippen LogP contribution in [0.15, 0.2) is 34.9 Å². The number of rotatable bonds is 5. The lowest BCUT2D eigenvalue weighted by molar-refractivity contribution is 0.0185. The maximum absolute atomic E-state index is 13.3. The van der Waals surface area contributed by atoms with Gasteiger partial charge in [-0.2, -0.15) is 0 Å². The van der Waals surface area contributed by atoms with Gasteiger partial charge in [0.25, 0.3) is 0 Å². The molecule has 1 atom stereocenters. The van der Waals surface area contributed by atoms with Crippen molar-refractivity contribution in [2.24, 2.45) is 0 Å². The number of hydrogen-bond acceptors (Lipinski definition) is 5. The molecule has 1 aliphatic heterocycles. The van der Waals surface area contributed by atoms with Crippen molar-refractivity contribution < 1.29 is 18.8 Å². The molecule has 124 valence electrons. The van der Waals surface area contributed by atoms with Gasteiger partial charge in [-0.3, -0.25) is 0 Å². The Morgan fingerprint density at radius 2 is 2.13 bits per heavy atom. The van der Waals surface area contributed by atoms with Crippen LogP contribution in [-0.4, -0.2) is 30.0 Å². The molecule has 0 saturated carbocycles. The third-order valence-electron chi connectivity index (χ3n) is 4.31. The maximum Gasteiger partial charge on any atom is 0.157 e. The van der Waals surface area contributed by atoms with Gasteiger partial charge in [0.15, 0.2) is 5.76 Å². The zero-order valence-electron chi connectivity index (χ0n) is 13.1. The minimum Gasteiger partial charge on any atom is -0.387 e. The van der Waals surface area contributed by atoms with Crippen LogP contribution in [0.4, 0.5) is 4.39 Å². The standard InChI is InChI=1S/C17H21FN2O3/c1-12-9-16(23-20-12)17(5-7-22-8-6-17)19-11-15(21)13-3-2-4-14(18)10-13/h2-4,9-10,15,19,21H,5-8,11H2,1H3. The quantitative estimate of drug-likeness (QED) is 0.886. The molecule has 1 aliphatic rings. The van der Waals surface area contributed by atoms with Crippen LogP contribution in [0.25, 0.3) is 0 Å². The Kier molecular flexibility index (Phi) is 4.75. The van der Waals surface area contributed by atoms with Gasteiger partial charge in [-0.15, -0.1) is 0 Å². The molecule has 23 heavy (non-hydrogen) atoms. The first-order valence-electron chi connectivity index (χ1n) is 7.79. The molecule has 0 radical (unpaired) electrons. The van der Waals surface area contributed by atoms with E-state index in [2.05, 4.69) is 10.5 Å². The first-order valence-corrected chi connectivity index (χ1v) is 7.79. The van der Waals surface area contributed by atoms with Gasteiger partial charge in [-0.1, -0.05) is 17.3 Å². The van der Waals surface area contributed by atoms with E-state index in [9.17, 15) is 9.50 Å². The van der Waals surface area contributed by atoms with E-state index in [4.69, 9.17) is 9.26 Å². The van der Waals surface area contributed by atoms with Gasteiger partial charge >= 0.3 is 0 Å². The summed E-state index contributed by atoms with van der Waals surface area (Å²) in [5.74, 6) is 0.401. The molecule has 1 unspecified atom stereocenters. The summed E-state index contributed by atoms with van der Waals surface area (Å²) in [4.78, 5) is 0. The fourth-order valence-corrected chi connectivity index (χ4v) is 2.94. The Labute approximate surface area is 134 Å². The molecule has 1 aromatic carbocycles. The summed E-state index contributed by atoms with van der Waals surface area (Å²) < 4.78 is 24.2. The van der Waals surface area contributed by atoms with Gasteiger partial charge < -0.3 is 19.7 Å². The summed E-state index contributed by atoms with van der Waals surface area (Å²) >= 11 is 0. The van der Waals surface area contributed by atoms with Gasteiger partial charge in [0.2, 0.25) is 0 Å². The minimum absolute atomic E-state index is 0.295. The molecule has 0 amide bonds. The Balaban J connectivity index is 1.74. The molecular formula is C17H21FN2O3. The summed E-state index contributed by atoms with van der Waals surface area (Å²) in [5, 5.41) is 17.7. The van der Waals surface area contributed by atoms with E-state index in [-0.39, 0.29) is 5.82 Å². The molecule has 2 N–H and O–H groups in total. The highest BCUT2D eigenvalue weighted by molar-refractivity contribution is 5.20. The monoisotopic (exact) mass is 320 g/mol. The normalized spacial score (nSPS) is 18.7. The molecular weight excluding hydrogens is 299 g/mol. The Morgan fingerprint density at radius 3 is 2.78 bits per heavy atom. The number of nitrogens with one attached hydrogen (secondary N) is 1. The van der Waals surface area contributed by atoms with Crippen molar-refractivity contribution in [3.05, 3.63) is 53.2 Å². The number of hydrogen-bond donors (Lipinski definition) is 2. The summed E-state index contributed by atoms with van der Waals surface area (Å²) in [6.07, 6.45) is 0.670. The van der Waals surface area contributed by atoms with Crippen molar-refractivity contribution in [2.45, 2.75) is 31.4 Å². The topological polar surface area (TPSA) is 67.5 Å². The van der Waals surface area contributed by atoms with E-state index in [1.54, 1.807) is 12.1 Å². The van der Waals surface area contributed by atoms with Crippen LogP contribution in [-0.2, 0) is 10.3 Å². The third kappa shape index (κ3) is 3.60. The van der Waals surface area contributed by atoms with Gasteiger partial charge in [0, 0.05) is 25.8 Å². The molecule has 0 aliphatic carbocycles. The fourth-order valence-electron chi connectivity index (χ4n) is 2.94. The first-order chi connectivity index (χ1) is 11.1. The average Bonchev–Trinajstić information content (AvgIpc) is 3.01. The van der Waals surface area contributed by atoms with E-state index in [0.29, 0.717) is 25.3 Å². The van der Waals surface area contributed by atoms with Crippen LogP contribution in [0.2, 0.25) is 0 Å². The van der Waals surface area contributed by atoms with Crippen molar-refractivity contribution in [1.29, 1.82) is 0 Å². The molecule has 0 bridgehead atoms. The van der Waals surface area contributed by atoms with E-state index in [0.717, 1.165) is 24.3 Å². The van der Waals surface area contributed by atoms with Crippen molar-refractivity contribution in [1.82, 2.24) is 10.5 Å². The molecule has 1 aromatic heterocycles. The second-order valence-electron chi connectivity index (χ2n) is 5.98. The number of aromatic nitrogens is 1. The number of aliphatic hydroxyl groups is 1. The lowest BCUT2D eigenvalue weighted by atomic mass is 9.86. The molecule has 1 fully saturated rings. The average molecular weight is 320 g/mol. The van der Waals surface area contributed by atoms with E-state index < -0.39 is 11.6 Å². The number of aliphatic hydroxyl groups excluding tert-OH is 1. The van der Waals surface area contributed by atoms with Crippen LogP contribution in [0.5, 0.6) is 0 Å². The molecule has 3 rings (SSSR count). The second-order valence-corrected chi connectivity index (χ2v) is 5.98. The van der Waals surface area contributed by atoms with Crippen molar-refractivity contribution in [2.75, 3.05) is 19.8 Å².